The fourth-order valence-corrected chi connectivity index (χ4v) is 1.78. The molecular weight excluding hydrogens is 279 g/mol. The van der Waals surface area contributed by atoms with Crippen molar-refractivity contribution in [3.8, 4) is 0 Å². The second kappa shape index (κ2) is 6.03. The quantitative estimate of drug-likeness (QED) is 0.930. The van der Waals surface area contributed by atoms with Crippen LogP contribution < -0.4 is 10.2 Å². The Labute approximate surface area is 121 Å². The van der Waals surface area contributed by atoms with E-state index < -0.39 is 11.9 Å². The molecule has 0 aliphatic heterocycles. The van der Waals surface area contributed by atoms with Crippen molar-refractivity contribution >= 4 is 11.4 Å². The molecule has 0 spiro atoms. The molecule has 112 valence electrons. The van der Waals surface area contributed by atoms with Gasteiger partial charge in [0.15, 0.2) is 0 Å². The van der Waals surface area contributed by atoms with Gasteiger partial charge in [0.05, 0.1) is 11.9 Å². The number of pyridine rings is 1. The van der Waals surface area contributed by atoms with E-state index in [1.165, 1.54) is 12.3 Å². The number of nitrogens with one attached hydrogen (secondary N) is 1. The Morgan fingerprint density at radius 1 is 1.05 bits per heavy atom. The van der Waals surface area contributed by atoms with Gasteiger partial charge in [-0.05, 0) is 29.8 Å². The minimum absolute atomic E-state index is 0.529. The molecule has 0 saturated carbocycles. The molecule has 2 rings (SSSR count). The number of anilines is 2. The van der Waals surface area contributed by atoms with Gasteiger partial charge in [-0.2, -0.15) is 13.2 Å². The molecule has 0 unspecified atom stereocenters. The van der Waals surface area contributed by atoms with Crippen molar-refractivity contribution in [3.63, 3.8) is 0 Å². The van der Waals surface area contributed by atoms with Gasteiger partial charge < -0.3 is 10.2 Å². The largest absolute Gasteiger partial charge is 0.433 e. The van der Waals surface area contributed by atoms with Crippen molar-refractivity contribution in [2.45, 2.75) is 12.7 Å². The van der Waals surface area contributed by atoms with E-state index in [1.807, 2.05) is 43.3 Å². The van der Waals surface area contributed by atoms with Crippen LogP contribution in [0.2, 0.25) is 0 Å². The molecule has 21 heavy (non-hydrogen) atoms. The summed E-state index contributed by atoms with van der Waals surface area (Å²) >= 11 is 0. The van der Waals surface area contributed by atoms with Crippen LogP contribution in [-0.4, -0.2) is 19.1 Å². The number of hydrogen-bond donors (Lipinski definition) is 1. The molecule has 0 bridgehead atoms. The molecule has 1 N–H and O–H groups in total. The number of halogens is 3. The normalized spacial score (nSPS) is 11.3. The van der Waals surface area contributed by atoms with Crippen molar-refractivity contribution in [2.24, 2.45) is 0 Å². The van der Waals surface area contributed by atoms with E-state index in [0.29, 0.717) is 12.2 Å². The van der Waals surface area contributed by atoms with Crippen molar-refractivity contribution < 1.29 is 13.2 Å². The molecule has 0 fully saturated rings. The maximum absolute atomic E-state index is 12.4. The highest BCUT2D eigenvalue weighted by Gasteiger charge is 2.31. The summed E-state index contributed by atoms with van der Waals surface area (Å²) < 4.78 is 37.2. The lowest BCUT2D eigenvalue weighted by Crippen LogP contribution is -2.09. The van der Waals surface area contributed by atoms with Gasteiger partial charge in [-0.15, -0.1) is 0 Å². The summed E-state index contributed by atoms with van der Waals surface area (Å²) in [4.78, 5) is 5.40. The summed E-state index contributed by atoms with van der Waals surface area (Å²) in [7, 11) is 3.92. The number of hydrogen-bond acceptors (Lipinski definition) is 3. The highest BCUT2D eigenvalue weighted by molar-refractivity contribution is 5.47. The number of aromatic nitrogens is 1. The van der Waals surface area contributed by atoms with E-state index in [9.17, 15) is 13.2 Å². The number of benzene rings is 1. The van der Waals surface area contributed by atoms with Crippen LogP contribution in [-0.2, 0) is 12.7 Å². The van der Waals surface area contributed by atoms with Gasteiger partial charge in [0, 0.05) is 26.3 Å². The SMILES string of the molecule is CN(C)c1ccc(CNc2ccc(C(F)(F)F)nc2)cc1. The first-order valence-electron chi connectivity index (χ1n) is 6.39. The second-order valence-corrected chi connectivity index (χ2v) is 4.84. The highest BCUT2D eigenvalue weighted by Crippen LogP contribution is 2.27. The Morgan fingerprint density at radius 3 is 2.19 bits per heavy atom. The van der Waals surface area contributed by atoms with Crippen molar-refractivity contribution in [3.05, 3.63) is 53.9 Å². The molecule has 3 nitrogen and oxygen atoms in total. The van der Waals surface area contributed by atoms with Crippen LogP contribution in [0.1, 0.15) is 11.3 Å². The van der Waals surface area contributed by atoms with Gasteiger partial charge >= 0.3 is 6.18 Å². The zero-order valence-electron chi connectivity index (χ0n) is 11.8. The van der Waals surface area contributed by atoms with Crippen LogP contribution in [0.15, 0.2) is 42.6 Å². The first kappa shape index (κ1) is 15.2. The first-order valence-corrected chi connectivity index (χ1v) is 6.39. The van der Waals surface area contributed by atoms with E-state index in [4.69, 9.17) is 0 Å². The molecule has 6 heteroatoms. The molecule has 0 atom stereocenters. The molecule has 1 aromatic heterocycles. The Hall–Kier alpha value is -2.24. The van der Waals surface area contributed by atoms with Crippen LogP contribution in [0.4, 0.5) is 24.5 Å². The zero-order chi connectivity index (χ0) is 15.5. The van der Waals surface area contributed by atoms with Crippen LogP contribution in [0.3, 0.4) is 0 Å². The van der Waals surface area contributed by atoms with Crippen LogP contribution in [0.25, 0.3) is 0 Å². The molecule has 1 aromatic carbocycles. The fraction of sp³-hybridized carbons (Fsp3) is 0.267. The third-order valence-electron chi connectivity index (χ3n) is 3.00. The smallest absolute Gasteiger partial charge is 0.380 e. The first-order chi connectivity index (χ1) is 9.86. The molecular formula is C15H16F3N3. The number of nitrogens with zero attached hydrogens (tertiary/aromatic N) is 2. The maximum Gasteiger partial charge on any atom is 0.433 e. The Morgan fingerprint density at radius 2 is 1.71 bits per heavy atom. The predicted octanol–water partition coefficient (Wildman–Crippen LogP) is 3.78. The van der Waals surface area contributed by atoms with E-state index in [1.54, 1.807) is 0 Å². The fourth-order valence-electron chi connectivity index (χ4n) is 1.78. The van der Waals surface area contributed by atoms with Gasteiger partial charge in [-0.25, -0.2) is 4.98 Å². The predicted molar refractivity (Wildman–Crippen MR) is 77.3 cm³/mol. The second-order valence-electron chi connectivity index (χ2n) is 4.84. The maximum atomic E-state index is 12.4. The van der Waals surface area contributed by atoms with Gasteiger partial charge in [0.25, 0.3) is 0 Å². The lowest BCUT2D eigenvalue weighted by atomic mass is 10.2. The topological polar surface area (TPSA) is 28.2 Å². The Kier molecular flexibility index (Phi) is 4.35. The average molecular weight is 295 g/mol. The minimum atomic E-state index is -4.40. The highest BCUT2D eigenvalue weighted by atomic mass is 19.4. The summed E-state index contributed by atoms with van der Waals surface area (Å²) in [6, 6.07) is 10.3. The van der Waals surface area contributed by atoms with Crippen molar-refractivity contribution in [2.75, 3.05) is 24.3 Å². The minimum Gasteiger partial charge on any atom is -0.380 e. The standard InChI is InChI=1S/C15H16F3N3/c1-21(2)13-6-3-11(4-7-13)9-19-12-5-8-14(20-10-12)15(16,17)18/h3-8,10,19H,9H2,1-2H3. The van der Waals surface area contributed by atoms with Crippen molar-refractivity contribution in [1.29, 1.82) is 0 Å². The van der Waals surface area contributed by atoms with Gasteiger partial charge in [0.1, 0.15) is 5.69 Å². The Balaban J connectivity index is 1.96. The summed E-state index contributed by atoms with van der Waals surface area (Å²) in [6.45, 7) is 0.529. The Bertz CT molecular complexity index is 575. The lowest BCUT2D eigenvalue weighted by molar-refractivity contribution is -0.141. The third-order valence-corrected chi connectivity index (χ3v) is 3.00. The summed E-state index contributed by atoms with van der Waals surface area (Å²) in [5.74, 6) is 0. The van der Waals surface area contributed by atoms with Gasteiger partial charge in [0.2, 0.25) is 0 Å². The molecule has 0 saturated heterocycles. The van der Waals surface area contributed by atoms with Crippen LogP contribution >= 0.6 is 0 Å². The van der Waals surface area contributed by atoms with Crippen molar-refractivity contribution in [1.82, 2.24) is 4.98 Å². The number of alkyl halides is 3. The molecule has 0 amide bonds. The van der Waals surface area contributed by atoms with Crippen LogP contribution in [0.5, 0.6) is 0 Å². The van der Waals surface area contributed by atoms with Crippen LogP contribution in [0, 0.1) is 0 Å². The van der Waals surface area contributed by atoms with E-state index in [2.05, 4.69) is 10.3 Å². The summed E-state index contributed by atoms with van der Waals surface area (Å²) in [5.41, 5.74) is 1.80. The van der Waals surface area contributed by atoms with E-state index >= 15 is 0 Å². The molecule has 0 radical (unpaired) electrons. The molecule has 2 aromatic rings. The molecule has 1 heterocycles. The van der Waals surface area contributed by atoms with Gasteiger partial charge in [-0.1, -0.05) is 12.1 Å². The van der Waals surface area contributed by atoms with Gasteiger partial charge in [-0.3, -0.25) is 0 Å². The third kappa shape index (κ3) is 4.11. The van der Waals surface area contributed by atoms with E-state index in [-0.39, 0.29) is 0 Å². The number of rotatable bonds is 4. The monoisotopic (exact) mass is 295 g/mol. The zero-order valence-corrected chi connectivity index (χ0v) is 11.8. The lowest BCUT2D eigenvalue weighted by Gasteiger charge is -2.13. The summed E-state index contributed by atoms with van der Waals surface area (Å²) in [5, 5.41) is 3.04. The molecule has 0 aliphatic rings. The van der Waals surface area contributed by atoms with E-state index in [0.717, 1.165) is 17.3 Å². The average Bonchev–Trinajstić information content (AvgIpc) is 2.45. The molecule has 0 aliphatic carbocycles. The summed E-state index contributed by atoms with van der Waals surface area (Å²) in [6.07, 6.45) is -3.21.